The van der Waals surface area contributed by atoms with Crippen molar-refractivity contribution in [3.8, 4) is 0 Å². The van der Waals surface area contributed by atoms with E-state index in [9.17, 15) is 14.7 Å². The first-order chi connectivity index (χ1) is 12.1. The number of Topliss-reactive ketones (excluding diaryl/α,β-unsaturated/α-hetero) is 1. The molecule has 2 aliphatic carbocycles. The molecule has 0 saturated heterocycles. The van der Waals surface area contributed by atoms with Crippen molar-refractivity contribution in [2.24, 2.45) is 28.6 Å². The number of rotatable bonds is 6. The summed E-state index contributed by atoms with van der Waals surface area (Å²) in [6, 6.07) is 0. The maximum atomic E-state index is 12.1. The Kier molecular flexibility index (Phi) is 6.32. The SMILES string of the molecule is CCC(C)=CCC(C)C1(C)CCC(O)C2(C)C(C=O)C(C(C)=O)=CCC12. The molecule has 0 bridgehead atoms. The highest BCUT2D eigenvalue weighted by atomic mass is 16.3. The van der Waals surface area contributed by atoms with Gasteiger partial charge in [-0.15, -0.1) is 0 Å². The van der Waals surface area contributed by atoms with Crippen molar-refractivity contribution < 1.29 is 14.7 Å². The molecule has 3 nitrogen and oxygen atoms in total. The maximum absolute atomic E-state index is 12.1. The van der Waals surface area contributed by atoms with Crippen LogP contribution in [0.15, 0.2) is 23.3 Å². The lowest BCUT2D eigenvalue weighted by atomic mass is 9.44. The van der Waals surface area contributed by atoms with Gasteiger partial charge in [0.25, 0.3) is 0 Å². The summed E-state index contributed by atoms with van der Waals surface area (Å²) in [5.74, 6) is 0.104. The number of carbonyl (C=O) groups excluding carboxylic acids is 2. The molecule has 1 saturated carbocycles. The number of hydrogen-bond donors (Lipinski definition) is 1. The molecule has 6 unspecified atom stereocenters. The van der Waals surface area contributed by atoms with Crippen molar-refractivity contribution in [1.82, 2.24) is 0 Å². The van der Waals surface area contributed by atoms with Crippen molar-refractivity contribution in [2.75, 3.05) is 0 Å². The van der Waals surface area contributed by atoms with E-state index in [-0.39, 0.29) is 17.1 Å². The van der Waals surface area contributed by atoms with Crippen LogP contribution in [0.2, 0.25) is 0 Å². The van der Waals surface area contributed by atoms with Gasteiger partial charge in [-0.05, 0) is 63.2 Å². The van der Waals surface area contributed by atoms with E-state index in [4.69, 9.17) is 0 Å². The molecule has 0 aromatic carbocycles. The van der Waals surface area contributed by atoms with Gasteiger partial charge in [-0.25, -0.2) is 0 Å². The summed E-state index contributed by atoms with van der Waals surface area (Å²) >= 11 is 0. The first-order valence-electron chi connectivity index (χ1n) is 10.1. The Morgan fingerprint density at radius 1 is 1.38 bits per heavy atom. The molecule has 1 N–H and O–H groups in total. The normalized spacial score (nSPS) is 39.0. The summed E-state index contributed by atoms with van der Waals surface area (Å²) in [7, 11) is 0. The molecule has 0 amide bonds. The lowest BCUT2D eigenvalue weighted by molar-refractivity contribution is -0.156. The Hall–Kier alpha value is -1.22. The Morgan fingerprint density at radius 2 is 2.04 bits per heavy atom. The molecule has 146 valence electrons. The van der Waals surface area contributed by atoms with Crippen LogP contribution in [0.1, 0.15) is 73.6 Å². The molecular formula is C23H36O3. The van der Waals surface area contributed by atoms with E-state index in [1.807, 2.05) is 13.0 Å². The van der Waals surface area contributed by atoms with E-state index < -0.39 is 17.4 Å². The van der Waals surface area contributed by atoms with Crippen LogP contribution in [-0.2, 0) is 9.59 Å². The number of aldehydes is 1. The Balaban J connectivity index is 2.44. The summed E-state index contributed by atoms with van der Waals surface area (Å²) in [6.07, 6.45) is 9.20. The highest BCUT2D eigenvalue weighted by Gasteiger charge is 2.59. The molecule has 0 aromatic heterocycles. The number of aliphatic hydroxyl groups is 1. The highest BCUT2D eigenvalue weighted by Crippen LogP contribution is 2.62. The fourth-order valence-corrected chi connectivity index (χ4v) is 5.49. The van der Waals surface area contributed by atoms with Crippen LogP contribution in [0.5, 0.6) is 0 Å². The molecule has 0 heterocycles. The number of fused-ring (bicyclic) bond motifs is 1. The number of ketones is 1. The second kappa shape index (κ2) is 7.80. The summed E-state index contributed by atoms with van der Waals surface area (Å²) in [5, 5.41) is 10.9. The number of aliphatic hydroxyl groups excluding tert-OH is 1. The molecule has 0 aromatic rings. The first kappa shape index (κ1) is 21.1. The molecule has 0 radical (unpaired) electrons. The maximum Gasteiger partial charge on any atom is 0.156 e. The minimum Gasteiger partial charge on any atom is -0.393 e. The van der Waals surface area contributed by atoms with Crippen LogP contribution in [0.3, 0.4) is 0 Å². The fourth-order valence-electron chi connectivity index (χ4n) is 5.49. The van der Waals surface area contributed by atoms with Crippen molar-refractivity contribution in [3.63, 3.8) is 0 Å². The van der Waals surface area contributed by atoms with Crippen LogP contribution >= 0.6 is 0 Å². The molecule has 2 aliphatic rings. The Morgan fingerprint density at radius 3 is 2.58 bits per heavy atom. The largest absolute Gasteiger partial charge is 0.393 e. The minimum atomic E-state index is -0.567. The van der Waals surface area contributed by atoms with Crippen molar-refractivity contribution in [1.29, 1.82) is 0 Å². The fraction of sp³-hybridized carbons (Fsp3) is 0.739. The number of allylic oxidation sites excluding steroid dienone is 4. The number of hydrogen-bond acceptors (Lipinski definition) is 3. The summed E-state index contributed by atoms with van der Waals surface area (Å²) in [4.78, 5) is 24.1. The van der Waals surface area contributed by atoms with Gasteiger partial charge in [0, 0.05) is 11.0 Å². The van der Waals surface area contributed by atoms with Gasteiger partial charge in [0.05, 0.1) is 12.0 Å². The lowest BCUT2D eigenvalue weighted by Crippen LogP contribution is -2.59. The standard InChI is InChI=1S/C23H36O3/c1-7-15(2)8-9-16(3)22(5)13-12-21(26)23(6)19(14-24)18(17(4)25)10-11-20(22)23/h8,10,14,16,19-21,26H,7,9,11-13H2,1-6H3. The molecule has 2 rings (SSSR count). The van der Waals surface area contributed by atoms with E-state index in [1.165, 1.54) is 12.5 Å². The molecule has 6 atom stereocenters. The van der Waals surface area contributed by atoms with Crippen LogP contribution in [0.25, 0.3) is 0 Å². The molecule has 3 heteroatoms. The van der Waals surface area contributed by atoms with Gasteiger partial charge in [-0.1, -0.05) is 45.4 Å². The molecule has 0 aliphatic heterocycles. The van der Waals surface area contributed by atoms with Crippen LogP contribution in [0.4, 0.5) is 0 Å². The smallest absolute Gasteiger partial charge is 0.156 e. The highest BCUT2D eigenvalue weighted by molar-refractivity contribution is 5.97. The molecular weight excluding hydrogens is 324 g/mol. The number of carbonyl (C=O) groups is 2. The topological polar surface area (TPSA) is 54.4 Å². The summed E-state index contributed by atoms with van der Waals surface area (Å²) in [5.41, 5.74) is 1.48. The molecule has 1 fully saturated rings. The van der Waals surface area contributed by atoms with Crippen LogP contribution < -0.4 is 0 Å². The predicted octanol–water partition coefficient (Wildman–Crippen LogP) is 4.89. The zero-order chi connectivity index (χ0) is 19.7. The second-order valence-electron chi connectivity index (χ2n) is 9.08. The van der Waals surface area contributed by atoms with Crippen molar-refractivity contribution in [3.05, 3.63) is 23.3 Å². The van der Waals surface area contributed by atoms with Crippen LogP contribution in [0, 0.1) is 28.6 Å². The average Bonchev–Trinajstić information content (AvgIpc) is 2.61. The lowest BCUT2D eigenvalue weighted by Gasteiger charge is -2.60. The minimum absolute atomic E-state index is 0.0403. The Labute approximate surface area is 158 Å². The predicted molar refractivity (Wildman–Crippen MR) is 106 cm³/mol. The van der Waals surface area contributed by atoms with E-state index in [2.05, 4.69) is 33.8 Å². The summed E-state index contributed by atoms with van der Waals surface area (Å²) < 4.78 is 0. The Bertz CT molecular complexity index is 617. The van der Waals surface area contributed by atoms with Gasteiger partial charge >= 0.3 is 0 Å². The zero-order valence-corrected chi connectivity index (χ0v) is 17.3. The van der Waals surface area contributed by atoms with Gasteiger partial charge in [0.1, 0.15) is 6.29 Å². The van der Waals surface area contributed by atoms with Gasteiger partial charge in [-0.3, -0.25) is 4.79 Å². The van der Waals surface area contributed by atoms with Crippen molar-refractivity contribution >= 4 is 12.1 Å². The third-order valence-corrected chi connectivity index (χ3v) is 7.85. The first-order valence-corrected chi connectivity index (χ1v) is 10.1. The van der Waals surface area contributed by atoms with Crippen LogP contribution in [-0.4, -0.2) is 23.3 Å². The van der Waals surface area contributed by atoms with E-state index >= 15 is 0 Å². The molecule has 26 heavy (non-hydrogen) atoms. The van der Waals surface area contributed by atoms with Gasteiger partial charge < -0.3 is 9.90 Å². The quantitative estimate of drug-likeness (QED) is 0.542. The van der Waals surface area contributed by atoms with Gasteiger partial charge in [0.2, 0.25) is 0 Å². The van der Waals surface area contributed by atoms with Gasteiger partial charge in [-0.2, -0.15) is 0 Å². The van der Waals surface area contributed by atoms with Gasteiger partial charge in [0.15, 0.2) is 5.78 Å². The third kappa shape index (κ3) is 3.35. The summed E-state index contributed by atoms with van der Waals surface area (Å²) in [6.45, 7) is 12.6. The monoisotopic (exact) mass is 360 g/mol. The average molecular weight is 361 g/mol. The van der Waals surface area contributed by atoms with E-state index in [1.54, 1.807) is 0 Å². The van der Waals surface area contributed by atoms with E-state index in [0.717, 1.165) is 32.0 Å². The van der Waals surface area contributed by atoms with E-state index in [0.29, 0.717) is 17.9 Å². The van der Waals surface area contributed by atoms with Crippen molar-refractivity contribution in [2.45, 2.75) is 79.8 Å². The third-order valence-electron chi connectivity index (χ3n) is 7.85. The molecule has 0 spiro atoms. The second-order valence-corrected chi connectivity index (χ2v) is 9.08. The zero-order valence-electron chi connectivity index (χ0n) is 17.3.